The van der Waals surface area contributed by atoms with Crippen LogP contribution in [0.2, 0.25) is 0 Å². The Balaban J connectivity index is 1.81. The monoisotopic (exact) mass is 374 g/mol. The molecule has 0 aliphatic carbocycles. The van der Waals surface area contributed by atoms with E-state index in [1.165, 1.54) is 6.26 Å². The van der Waals surface area contributed by atoms with Gasteiger partial charge in [-0.1, -0.05) is 18.2 Å². The van der Waals surface area contributed by atoms with E-state index in [0.717, 1.165) is 24.8 Å². The minimum Gasteiger partial charge on any atom is -0.478 e. The largest absolute Gasteiger partial charge is 0.478 e. The highest BCUT2D eigenvalue weighted by atomic mass is 32.2. The smallest absolute Gasteiger partial charge is 0.336 e. The maximum Gasteiger partial charge on any atom is 0.336 e. The molecule has 138 valence electrons. The van der Waals surface area contributed by atoms with Gasteiger partial charge in [0.1, 0.15) is 0 Å². The SMILES string of the molecule is CS(=O)(=O)N1CCC[C@@H](Cc2ccnc(-c3ccccc3C(=O)O)c2)C1. The molecule has 0 radical (unpaired) electrons. The number of aromatic carboxylic acids is 1. The first-order chi connectivity index (χ1) is 12.3. The van der Waals surface area contributed by atoms with E-state index in [9.17, 15) is 18.3 Å². The van der Waals surface area contributed by atoms with Crippen LogP contribution in [0.25, 0.3) is 11.3 Å². The van der Waals surface area contributed by atoms with Gasteiger partial charge in [0.05, 0.1) is 17.5 Å². The number of carboxylic acids is 1. The number of piperidine rings is 1. The third kappa shape index (κ3) is 4.28. The first-order valence-electron chi connectivity index (χ1n) is 8.57. The van der Waals surface area contributed by atoms with Crippen molar-refractivity contribution in [3.63, 3.8) is 0 Å². The maximum absolute atomic E-state index is 11.8. The van der Waals surface area contributed by atoms with Crippen molar-refractivity contribution in [2.24, 2.45) is 5.92 Å². The molecule has 1 atom stereocenters. The molecule has 1 aliphatic heterocycles. The number of hydrogen-bond acceptors (Lipinski definition) is 4. The van der Waals surface area contributed by atoms with Crippen molar-refractivity contribution >= 4 is 16.0 Å². The van der Waals surface area contributed by atoms with Crippen molar-refractivity contribution in [1.82, 2.24) is 9.29 Å². The summed E-state index contributed by atoms with van der Waals surface area (Å²) in [6, 6.07) is 10.6. The lowest BCUT2D eigenvalue weighted by Gasteiger charge is -2.31. The van der Waals surface area contributed by atoms with E-state index in [4.69, 9.17) is 0 Å². The number of aromatic nitrogens is 1. The van der Waals surface area contributed by atoms with Gasteiger partial charge in [-0.15, -0.1) is 0 Å². The van der Waals surface area contributed by atoms with Gasteiger partial charge in [-0.2, -0.15) is 0 Å². The molecule has 1 aromatic heterocycles. The fraction of sp³-hybridized carbons (Fsp3) is 0.368. The summed E-state index contributed by atoms with van der Waals surface area (Å²) >= 11 is 0. The van der Waals surface area contributed by atoms with E-state index < -0.39 is 16.0 Å². The Kier molecular flexibility index (Phi) is 5.38. The van der Waals surface area contributed by atoms with Crippen molar-refractivity contribution < 1.29 is 18.3 Å². The van der Waals surface area contributed by atoms with Gasteiger partial charge >= 0.3 is 5.97 Å². The van der Waals surface area contributed by atoms with E-state index in [2.05, 4.69) is 4.98 Å². The Morgan fingerprint density at radius 3 is 2.81 bits per heavy atom. The van der Waals surface area contributed by atoms with Crippen molar-refractivity contribution in [1.29, 1.82) is 0 Å². The molecule has 1 aliphatic rings. The lowest BCUT2D eigenvalue weighted by atomic mass is 9.92. The summed E-state index contributed by atoms with van der Waals surface area (Å²) in [7, 11) is -3.16. The number of rotatable bonds is 5. The van der Waals surface area contributed by atoms with Crippen LogP contribution < -0.4 is 0 Å². The minimum atomic E-state index is -3.16. The third-order valence-electron chi connectivity index (χ3n) is 4.73. The van der Waals surface area contributed by atoms with Gasteiger partial charge in [0.15, 0.2) is 0 Å². The highest BCUT2D eigenvalue weighted by Gasteiger charge is 2.26. The quantitative estimate of drug-likeness (QED) is 0.869. The second kappa shape index (κ2) is 7.55. The summed E-state index contributed by atoms with van der Waals surface area (Å²) in [4.78, 5) is 15.8. The molecule has 2 heterocycles. The highest BCUT2D eigenvalue weighted by molar-refractivity contribution is 7.88. The Morgan fingerprint density at radius 2 is 2.08 bits per heavy atom. The average Bonchev–Trinajstić information content (AvgIpc) is 2.61. The molecule has 6 nitrogen and oxygen atoms in total. The van der Waals surface area contributed by atoms with E-state index >= 15 is 0 Å². The molecule has 2 aromatic rings. The third-order valence-corrected chi connectivity index (χ3v) is 6.00. The average molecular weight is 374 g/mol. The molecule has 1 aromatic carbocycles. The van der Waals surface area contributed by atoms with Crippen LogP contribution in [0.15, 0.2) is 42.6 Å². The Morgan fingerprint density at radius 1 is 1.31 bits per heavy atom. The van der Waals surface area contributed by atoms with Gasteiger partial charge < -0.3 is 5.11 Å². The van der Waals surface area contributed by atoms with Crippen molar-refractivity contribution in [2.45, 2.75) is 19.3 Å². The van der Waals surface area contributed by atoms with E-state index in [-0.39, 0.29) is 11.5 Å². The summed E-state index contributed by atoms with van der Waals surface area (Å²) in [6.07, 6.45) is 5.52. The zero-order valence-corrected chi connectivity index (χ0v) is 15.4. The lowest BCUT2D eigenvalue weighted by molar-refractivity contribution is 0.0697. The van der Waals surface area contributed by atoms with Gasteiger partial charge in [-0.25, -0.2) is 17.5 Å². The Bertz CT molecular complexity index is 911. The Hall–Kier alpha value is -2.25. The number of pyridine rings is 1. The number of carboxylic acid groups (broad SMARTS) is 1. The van der Waals surface area contributed by atoms with Crippen LogP contribution in [0.4, 0.5) is 0 Å². The topological polar surface area (TPSA) is 87.6 Å². The summed E-state index contributed by atoms with van der Waals surface area (Å²) < 4.78 is 25.1. The molecule has 0 saturated carbocycles. The van der Waals surface area contributed by atoms with Gasteiger partial charge in [0.2, 0.25) is 10.0 Å². The van der Waals surface area contributed by atoms with Crippen molar-refractivity contribution in [3.8, 4) is 11.3 Å². The van der Waals surface area contributed by atoms with E-state index in [0.29, 0.717) is 24.3 Å². The standard InChI is InChI=1S/C19H22N2O4S/c1-26(24,25)21-10-4-5-15(13-21)11-14-8-9-20-18(12-14)16-6-2-3-7-17(16)19(22)23/h2-3,6-9,12,15H,4-5,10-11,13H2,1H3,(H,22,23)/t15-/m0/s1. The fourth-order valence-electron chi connectivity index (χ4n) is 3.47. The number of hydrogen-bond donors (Lipinski definition) is 1. The molecule has 1 N–H and O–H groups in total. The molecule has 0 unspecified atom stereocenters. The van der Waals surface area contributed by atoms with Crippen LogP contribution in [0.5, 0.6) is 0 Å². The van der Waals surface area contributed by atoms with Crippen LogP contribution >= 0.6 is 0 Å². The number of benzene rings is 1. The molecular formula is C19H22N2O4S. The zero-order chi connectivity index (χ0) is 18.7. The highest BCUT2D eigenvalue weighted by Crippen LogP contribution is 2.26. The molecular weight excluding hydrogens is 352 g/mol. The van der Waals surface area contributed by atoms with Crippen LogP contribution in [0.3, 0.4) is 0 Å². The maximum atomic E-state index is 11.8. The molecule has 0 bridgehead atoms. The van der Waals surface area contributed by atoms with Crippen LogP contribution in [0, 0.1) is 5.92 Å². The van der Waals surface area contributed by atoms with Crippen LogP contribution in [-0.4, -0.2) is 48.1 Å². The minimum absolute atomic E-state index is 0.220. The zero-order valence-electron chi connectivity index (χ0n) is 14.6. The predicted octanol–water partition coefficient (Wildman–Crippen LogP) is 2.66. The van der Waals surface area contributed by atoms with Crippen molar-refractivity contribution in [3.05, 3.63) is 53.7 Å². The Labute approximate surface area is 153 Å². The first-order valence-corrected chi connectivity index (χ1v) is 10.4. The summed E-state index contributed by atoms with van der Waals surface area (Å²) in [5, 5.41) is 9.37. The second-order valence-electron chi connectivity index (χ2n) is 6.73. The van der Waals surface area contributed by atoms with Gasteiger partial charge in [0.25, 0.3) is 0 Å². The molecule has 1 fully saturated rings. The lowest BCUT2D eigenvalue weighted by Crippen LogP contribution is -2.39. The van der Waals surface area contributed by atoms with Gasteiger partial charge in [-0.05, 0) is 48.9 Å². The van der Waals surface area contributed by atoms with Gasteiger partial charge in [0, 0.05) is 24.8 Å². The van der Waals surface area contributed by atoms with Crippen LogP contribution in [0.1, 0.15) is 28.8 Å². The number of nitrogens with zero attached hydrogens (tertiary/aromatic N) is 2. The van der Waals surface area contributed by atoms with Crippen LogP contribution in [-0.2, 0) is 16.4 Å². The molecule has 26 heavy (non-hydrogen) atoms. The summed E-state index contributed by atoms with van der Waals surface area (Å²) in [5.74, 6) is -0.729. The second-order valence-corrected chi connectivity index (χ2v) is 8.72. The van der Waals surface area contributed by atoms with E-state index in [1.807, 2.05) is 12.1 Å². The summed E-state index contributed by atoms with van der Waals surface area (Å²) in [5.41, 5.74) is 2.47. The summed E-state index contributed by atoms with van der Waals surface area (Å²) in [6.45, 7) is 1.12. The molecule has 1 saturated heterocycles. The molecule has 7 heteroatoms. The number of carbonyl (C=O) groups is 1. The normalized spacial score (nSPS) is 18.6. The predicted molar refractivity (Wildman–Crippen MR) is 99.5 cm³/mol. The van der Waals surface area contributed by atoms with Gasteiger partial charge in [-0.3, -0.25) is 4.98 Å². The van der Waals surface area contributed by atoms with Crippen molar-refractivity contribution in [2.75, 3.05) is 19.3 Å². The molecule has 0 spiro atoms. The number of sulfonamides is 1. The molecule has 3 rings (SSSR count). The van der Waals surface area contributed by atoms with E-state index in [1.54, 1.807) is 34.8 Å². The fourth-order valence-corrected chi connectivity index (χ4v) is 4.41. The molecule has 0 amide bonds. The first kappa shape index (κ1) is 18.5.